The van der Waals surface area contributed by atoms with E-state index in [1.807, 2.05) is 60.8 Å². The largest absolute Gasteiger partial charge is 0.544 e. The fourth-order valence-corrected chi connectivity index (χ4v) is 6.81. The number of carbonyl (C=O) groups is 3. The van der Waals surface area contributed by atoms with Crippen LogP contribution < -0.4 is 5.11 Å². The molecule has 0 aromatic heterocycles. The summed E-state index contributed by atoms with van der Waals surface area (Å²) in [6, 6.07) is -0.735. The van der Waals surface area contributed by atoms with Gasteiger partial charge in [0.2, 0.25) is 0 Å². The Kier molecular flexibility index (Phi) is 40.2. The number of aliphatic carboxylic acids is 1. The van der Waals surface area contributed by atoms with Crippen molar-refractivity contribution in [3.05, 3.63) is 72.9 Å². The Morgan fingerprint density at radius 3 is 1.38 bits per heavy atom. The van der Waals surface area contributed by atoms with E-state index in [2.05, 4.69) is 26.0 Å². The summed E-state index contributed by atoms with van der Waals surface area (Å²) < 4.78 is 17.2. The van der Waals surface area contributed by atoms with Gasteiger partial charge in [0, 0.05) is 19.3 Å². The van der Waals surface area contributed by atoms with Gasteiger partial charge in [0.15, 0.2) is 6.10 Å². The van der Waals surface area contributed by atoms with E-state index in [1.165, 1.54) is 103 Å². The van der Waals surface area contributed by atoms with E-state index >= 15 is 0 Å². The van der Waals surface area contributed by atoms with Crippen molar-refractivity contribution in [3.8, 4) is 0 Å². The Bertz CT molecular complexity index is 1210. The summed E-state index contributed by atoms with van der Waals surface area (Å²) in [4.78, 5) is 36.9. The van der Waals surface area contributed by atoms with Crippen molar-refractivity contribution in [2.45, 2.75) is 199 Å². The zero-order valence-corrected chi connectivity index (χ0v) is 39.1. The molecule has 0 aliphatic carbocycles. The van der Waals surface area contributed by atoms with Crippen LogP contribution in [0.3, 0.4) is 0 Å². The Morgan fingerprint density at radius 1 is 0.517 bits per heavy atom. The summed E-state index contributed by atoms with van der Waals surface area (Å²) in [6.45, 7) is 4.48. The van der Waals surface area contributed by atoms with Crippen molar-refractivity contribution in [3.63, 3.8) is 0 Å². The summed E-state index contributed by atoms with van der Waals surface area (Å²) in [7, 11) is 5.39. The van der Waals surface area contributed by atoms with Crippen molar-refractivity contribution in [1.29, 1.82) is 0 Å². The summed E-state index contributed by atoms with van der Waals surface area (Å²) in [5, 5.41) is 11.6. The van der Waals surface area contributed by atoms with Gasteiger partial charge >= 0.3 is 11.9 Å². The van der Waals surface area contributed by atoms with Crippen molar-refractivity contribution in [1.82, 2.24) is 0 Å². The van der Waals surface area contributed by atoms with Gasteiger partial charge in [-0.1, -0.05) is 209 Å². The predicted octanol–water partition coefficient (Wildman–Crippen LogP) is 12.2. The predicted molar refractivity (Wildman–Crippen MR) is 249 cm³/mol. The van der Waals surface area contributed by atoms with Gasteiger partial charge < -0.3 is 28.6 Å². The summed E-state index contributed by atoms with van der Waals surface area (Å²) in [5.74, 6) is -1.79. The molecule has 8 nitrogen and oxygen atoms in total. The number of esters is 2. The average Bonchev–Trinajstić information content (AvgIpc) is 3.21. The van der Waals surface area contributed by atoms with Crippen molar-refractivity contribution >= 4 is 17.9 Å². The molecule has 0 aliphatic rings. The molecular weight excluding hydrogens is 751 g/mol. The highest BCUT2D eigenvalue weighted by Gasteiger charge is 2.25. The van der Waals surface area contributed by atoms with Crippen LogP contribution in [0.4, 0.5) is 0 Å². The maximum atomic E-state index is 12.8. The minimum absolute atomic E-state index is 0.0245. The second-order valence-corrected chi connectivity index (χ2v) is 17.1. The lowest BCUT2D eigenvalue weighted by atomic mass is 10.0. The monoisotopic (exact) mass is 840 g/mol. The molecular formula is C52H89NO7. The SMILES string of the molecule is CC/C=C/C=C/C=C/C=C/C=C/C=C/CCCCCC(=O)OCC(COCCC(C(=O)[O-])[N+](C)(C)C)OC(=O)CCCCCCCCCCCCCCCCCCCCC. The summed E-state index contributed by atoms with van der Waals surface area (Å²) in [6.07, 6.45) is 53.6. The Labute approximate surface area is 368 Å². The quantitative estimate of drug-likeness (QED) is 0.0261. The standard InChI is InChI=1S/C52H89NO7/c1-6-8-10-12-14-16-18-20-22-24-25-27-29-31-33-35-37-39-41-43-51(55)60-48(46-58-45-44-49(52(56)57)53(3,4)5)47-59-50(54)42-40-38-36-34-32-30-28-26-23-21-19-17-15-13-11-9-7-2/h9,11,13,15,17,19,21,23,26,28,30,32,48-49H,6-8,10,12,14,16,18,20,22,24-25,27,29,31,33-47H2,1-5H3/b11-9+,15-13+,19-17+,23-21+,28-26+,32-30+. The van der Waals surface area contributed by atoms with E-state index in [9.17, 15) is 19.5 Å². The number of unbranched alkanes of at least 4 members (excludes halogenated alkanes) is 21. The number of likely N-dealkylation sites (N-methyl/N-ethyl adjacent to an activating group) is 1. The molecule has 0 saturated heterocycles. The Morgan fingerprint density at radius 2 is 0.933 bits per heavy atom. The van der Waals surface area contributed by atoms with Crippen LogP contribution >= 0.6 is 0 Å². The number of allylic oxidation sites excluding steroid dienone is 12. The average molecular weight is 840 g/mol. The maximum Gasteiger partial charge on any atom is 0.306 e. The van der Waals surface area contributed by atoms with Gasteiger partial charge in [0.1, 0.15) is 12.6 Å². The molecule has 0 aromatic carbocycles. The molecule has 0 heterocycles. The first kappa shape index (κ1) is 56.8. The van der Waals surface area contributed by atoms with Gasteiger partial charge in [-0.25, -0.2) is 0 Å². The zero-order chi connectivity index (χ0) is 44.2. The summed E-state index contributed by atoms with van der Waals surface area (Å²) in [5.41, 5.74) is 0. The number of carboxylic acid groups (broad SMARTS) is 1. The van der Waals surface area contributed by atoms with E-state index in [4.69, 9.17) is 14.2 Å². The highest BCUT2D eigenvalue weighted by atomic mass is 16.6. The van der Waals surface area contributed by atoms with Crippen LogP contribution in [0.25, 0.3) is 0 Å². The van der Waals surface area contributed by atoms with Gasteiger partial charge in [0.25, 0.3) is 0 Å². The van der Waals surface area contributed by atoms with E-state index in [-0.39, 0.29) is 42.7 Å². The van der Waals surface area contributed by atoms with Crippen molar-refractivity contribution in [2.24, 2.45) is 0 Å². The molecule has 0 spiro atoms. The molecule has 2 atom stereocenters. The smallest absolute Gasteiger partial charge is 0.306 e. The third-order valence-electron chi connectivity index (χ3n) is 10.5. The molecule has 8 heteroatoms. The van der Waals surface area contributed by atoms with Crippen LogP contribution in [0, 0.1) is 0 Å². The summed E-state index contributed by atoms with van der Waals surface area (Å²) >= 11 is 0. The fraction of sp³-hybridized carbons (Fsp3) is 0.712. The number of hydrogen-bond acceptors (Lipinski definition) is 7. The molecule has 60 heavy (non-hydrogen) atoms. The van der Waals surface area contributed by atoms with E-state index < -0.39 is 18.1 Å². The van der Waals surface area contributed by atoms with Crippen LogP contribution in [-0.2, 0) is 28.6 Å². The normalized spacial score (nSPS) is 13.6. The van der Waals surface area contributed by atoms with Crippen molar-refractivity contribution in [2.75, 3.05) is 41.0 Å². The molecule has 0 fully saturated rings. The number of hydrogen-bond donors (Lipinski definition) is 0. The number of carbonyl (C=O) groups excluding carboxylic acids is 3. The van der Waals surface area contributed by atoms with E-state index in [0.717, 1.165) is 51.4 Å². The first-order chi connectivity index (χ1) is 29.1. The first-order valence-electron chi connectivity index (χ1n) is 24.0. The minimum Gasteiger partial charge on any atom is -0.544 e. The molecule has 344 valence electrons. The third-order valence-corrected chi connectivity index (χ3v) is 10.5. The van der Waals surface area contributed by atoms with Crippen LogP contribution in [0.5, 0.6) is 0 Å². The number of carboxylic acids is 1. The van der Waals surface area contributed by atoms with Gasteiger partial charge in [0.05, 0.1) is 40.3 Å². The molecule has 0 rings (SSSR count). The lowest BCUT2D eigenvalue weighted by molar-refractivity contribution is -0.889. The minimum atomic E-state index is -1.13. The number of ether oxygens (including phenoxy) is 3. The van der Waals surface area contributed by atoms with Gasteiger partial charge in [-0.05, 0) is 32.1 Å². The molecule has 0 saturated carbocycles. The first-order valence-corrected chi connectivity index (χ1v) is 24.0. The molecule has 2 unspecified atom stereocenters. The second kappa shape index (κ2) is 42.5. The van der Waals surface area contributed by atoms with Gasteiger partial charge in [-0.15, -0.1) is 0 Å². The highest BCUT2D eigenvalue weighted by molar-refractivity contribution is 5.70. The molecule has 0 aliphatic heterocycles. The molecule has 0 radical (unpaired) electrons. The molecule has 0 N–H and O–H groups in total. The van der Waals surface area contributed by atoms with Crippen molar-refractivity contribution < 1.29 is 38.2 Å². The van der Waals surface area contributed by atoms with Crippen LogP contribution in [0.15, 0.2) is 72.9 Å². The fourth-order valence-electron chi connectivity index (χ4n) is 6.81. The second-order valence-electron chi connectivity index (χ2n) is 17.1. The Balaban J connectivity index is 4.36. The topological polar surface area (TPSA) is 102 Å². The maximum absolute atomic E-state index is 12.8. The lowest BCUT2D eigenvalue weighted by Crippen LogP contribution is -2.55. The number of quaternary nitrogens is 1. The Hall–Kier alpha value is -3.23. The van der Waals surface area contributed by atoms with Crippen LogP contribution in [0.2, 0.25) is 0 Å². The highest BCUT2D eigenvalue weighted by Crippen LogP contribution is 2.16. The van der Waals surface area contributed by atoms with Gasteiger partial charge in [-0.3, -0.25) is 9.59 Å². The van der Waals surface area contributed by atoms with E-state index in [0.29, 0.717) is 12.8 Å². The van der Waals surface area contributed by atoms with Crippen LogP contribution in [-0.4, -0.2) is 75.5 Å². The zero-order valence-electron chi connectivity index (χ0n) is 39.1. The molecule has 0 bridgehead atoms. The van der Waals surface area contributed by atoms with Gasteiger partial charge in [-0.2, -0.15) is 0 Å². The third kappa shape index (κ3) is 40.2. The number of rotatable bonds is 42. The molecule has 0 aromatic rings. The lowest BCUT2D eigenvalue weighted by Gasteiger charge is -2.34. The molecule has 0 amide bonds. The van der Waals surface area contributed by atoms with E-state index in [1.54, 1.807) is 21.1 Å². The number of nitrogens with zero attached hydrogens (tertiary/aromatic N) is 1. The van der Waals surface area contributed by atoms with Crippen LogP contribution in [0.1, 0.15) is 187 Å².